The molecule has 0 amide bonds. The Labute approximate surface area is 181 Å². The normalized spacial score (nSPS) is 12.3. The zero-order chi connectivity index (χ0) is 21.8. The number of fused-ring (bicyclic) bond motifs is 1. The van der Waals surface area contributed by atoms with Gasteiger partial charge in [-0.2, -0.15) is 4.68 Å². The van der Waals surface area contributed by atoms with Gasteiger partial charge in [0.2, 0.25) is 0 Å². The monoisotopic (exact) mass is 433 g/mol. The molecule has 0 N–H and O–H groups in total. The average molecular weight is 434 g/mol. The molecule has 0 aliphatic rings. The van der Waals surface area contributed by atoms with Crippen molar-refractivity contribution >= 4 is 32.4 Å². The molecule has 0 aliphatic heterocycles. The lowest BCUT2D eigenvalue weighted by molar-refractivity contribution is 0.596. The third kappa shape index (κ3) is 4.64. The molecule has 3 aromatic carbocycles. The van der Waals surface area contributed by atoms with Crippen LogP contribution in [0.15, 0.2) is 88.8 Å². The Bertz CT molecular complexity index is 1310. The number of sulfone groups is 1. The first-order chi connectivity index (χ1) is 14.9. The molecule has 31 heavy (non-hydrogen) atoms. The minimum Gasteiger partial charge on any atom is -0.367 e. The second kappa shape index (κ2) is 8.69. The first kappa shape index (κ1) is 20.7. The summed E-state index contributed by atoms with van der Waals surface area (Å²) in [5, 5.41) is 8.44. The van der Waals surface area contributed by atoms with Gasteiger partial charge in [-0.05, 0) is 43.3 Å². The SMILES string of the molecule is Cc1ccc(S(=O)(=O)CN=C(CN(C)c2ccccc2)n2nnc3ccccc32)cc1. The van der Waals surface area contributed by atoms with Crippen molar-refractivity contribution < 1.29 is 8.42 Å². The van der Waals surface area contributed by atoms with Gasteiger partial charge in [-0.15, -0.1) is 5.10 Å². The van der Waals surface area contributed by atoms with E-state index in [0.717, 1.165) is 22.3 Å². The van der Waals surface area contributed by atoms with E-state index < -0.39 is 9.84 Å². The van der Waals surface area contributed by atoms with E-state index in [0.29, 0.717) is 12.4 Å². The van der Waals surface area contributed by atoms with Gasteiger partial charge in [0.15, 0.2) is 9.84 Å². The Morgan fingerprint density at radius 1 is 0.968 bits per heavy atom. The molecule has 0 unspecified atom stereocenters. The number of hydrogen-bond acceptors (Lipinski definition) is 6. The fraction of sp³-hybridized carbons (Fsp3) is 0.174. The Morgan fingerprint density at radius 3 is 2.39 bits per heavy atom. The van der Waals surface area contributed by atoms with E-state index in [1.807, 2.05) is 73.5 Å². The number of likely N-dealkylation sites (N-methyl/N-ethyl adjacent to an activating group) is 1. The molecule has 0 bridgehead atoms. The second-order valence-electron chi connectivity index (χ2n) is 7.31. The van der Waals surface area contributed by atoms with Crippen LogP contribution in [-0.4, -0.2) is 48.7 Å². The maximum atomic E-state index is 12.9. The topological polar surface area (TPSA) is 80.5 Å². The molecule has 0 aliphatic carbocycles. The minimum atomic E-state index is -3.58. The summed E-state index contributed by atoms with van der Waals surface area (Å²) in [4.78, 5) is 6.74. The number of aromatic nitrogens is 3. The summed E-state index contributed by atoms with van der Waals surface area (Å²) < 4.78 is 27.4. The Morgan fingerprint density at radius 2 is 1.65 bits per heavy atom. The molecular weight excluding hydrogens is 410 g/mol. The van der Waals surface area contributed by atoms with Crippen LogP contribution in [0.25, 0.3) is 11.0 Å². The van der Waals surface area contributed by atoms with Crippen molar-refractivity contribution in [2.24, 2.45) is 4.99 Å². The van der Waals surface area contributed by atoms with Crippen LogP contribution in [0.2, 0.25) is 0 Å². The maximum Gasteiger partial charge on any atom is 0.198 e. The van der Waals surface area contributed by atoms with Gasteiger partial charge in [-0.25, -0.2) is 8.42 Å². The van der Waals surface area contributed by atoms with Crippen molar-refractivity contribution in [3.05, 3.63) is 84.4 Å². The number of aliphatic imine (C=N–C) groups is 1. The first-order valence-corrected chi connectivity index (χ1v) is 11.5. The molecule has 4 rings (SSSR count). The number of anilines is 1. The van der Waals surface area contributed by atoms with E-state index in [1.54, 1.807) is 28.9 Å². The van der Waals surface area contributed by atoms with Gasteiger partial charge < -0.3 is 4.90 Å². The lowest BCUT2D eigenvalue weighted by Crippen LogP contribution is -2.31. The minimum absolute atomic E-state index is 0.251. The number of benzene rings is 3. The van der Waals surface area contributed by atoms with Crippen LogP contribution < -0.4 is 4.90 Å². The zero-order valence-electron chi connectivity index (χ0n) is 17.4. The van der Waals surface area contributed by atoms with Crippen molar-refractivity contribution in [2.45, 2.75) is 11.8 Å². The molecule has 1 aromatic heterocycles. The molecule has 0 saturated heterocycles. The summed E-state index contributed by atoms with van der Waals surface area (Å²) in [6.45, 7) is 2.28. The van der Waals surface area contributed by atoms with Gasteiger partial charge in [-0.3, -0.25) is 4.99 Å². The van der Waals surface area contributed by atoms with Gasteiger partial charge >= 0.3 is 0 Å². The second-order valence-corrected chi connectivity index (χ2v) is 9.27. The molecule has 8 heteroatoms. The molecule has 158 valence electrons. The van der Waals surface area contributed by atoms with Crippen molar-refractivity contribution in [3.63, 3.8) is 0 Å². The highest BCUT2D eigenvalue weighted by Gasteiger charge is 2.17. The van der Waals surface area contributed by atoms with Gasteiger partial charge in [0.05, 0.1) is 17.0 Å². The van der Waals surface area contributed by atoms with E-state index in [9.17, 15) is 8.42 Å². The number of hydrogen-bond donors (Lipinski definition) is 0. The lowest BCUT2D eigenvalue weighted by Gasteiger charge is -2.20. The summed E-state index contributed by atoms with van der Waals surface area (Å²) >= 11 is 0. The van der Waals surface area contributed by atoms with Gasteiger partial charge in [0.25, 0.3) is 0 Å². The largest absolute Gasteiger partial charge is 0.367 e. The third-order valence-electron chi connectivity index (χ3n) is 4.97. The highest BCUT2D eigenvalue weighted by molar-refractivity contribution is 7.91. The summed E-state index contributed by atoms with van der Waals surface area (Å²) in [5.41, 5.74) is 3.48. The molecule has 0 saturated carbocycles. The zero-order valence-corrected chi connectivity index (χ0v) is 18.2. The van der Waals surface area contributed by atoms with Crippen LogP contribution in [0, 0.1) is 6.92 Å². The van der Waals surface area contributed by atoms with Crippen LogP contribution in [0.1, 0.15) is 5.56 Å². The van der Waals surface area contributed by atoms with E-state index in [-0.39, 0.29) is 10.8 Å². The highest BCUT2D eigenvalue weighted by atomic mass is 32.2. The lowest BCUT2D eigenvalue weighted by atomic mass is 10.2. The molecule has 0 fully saturated rings. The smallest absolute Gasteiger partial charge is 0.198 e. The van der Waals surface area contributed by atoms with Crippen LogP contribution in [0.3, 0.4) is 0 Å². The van der Waals surface area contributed by atoms with Crippen LogP contribution in [0.5, 0.6) is 0 Å². The standard InChI is InChI=1S/C23H23N5O2S/c1-18-12-14-20(15-13-18)31(29,30)17-24-23(16-27(2)19-8-4-3-5-9-19)28-22-11-7-6-10-21(22)25-26-28/h3-15H,16-17H2,1-2H3. The number of para-hydroxylation sites is 2. The molecule has 0 radical (unpaired) electrons. The predicted octanol–water partition coefficient (Wildman–Crippen LogP) is 3.55. The summed E-state index contributed by atoms with van der Waals surface area (Å²) in [6, 6.07) is 24.2. The molecule has 0 atom stereocenters. The first-order valence-electron chi connectivity index (χ1n) is 9.84. The van der Waals surface area contributed by atoms with E-state index >= 15 is 0 Å². The number of aryl methyl sites for hydroxylation is 1. The number of nitrogens with zero attached hydrogens (tertiary/aromatic N) is 5. The summed E-state index contributed by atoms with van der Waals surface area (Å²) in [5.74, 6) is 0.123. The fourth-order valence-electron chi connectivity index (χ4n) is 3.21. The molecular formula is C23H23N5O2S. The van der Waals surface area contributed by atoms with E-state index in [4.69, 9.17) is 0 Å². The Balaban J connectivity index is 1.70. The van der Waals surface area contributed by atoms with Gasteiger partial charge in [0.1, 0.15) is 17.2 Å². The fourth-order valence-corrected chi connectivity index (χ4v) is 4.23. The van der Waals surface area contributed by atoms with Crippen LogP contribution >= 0.6 is 0 Å². The van der Waals surface area contributed by atoms with Crippen molar-refractivity contribution in [2.75, 3.05) is 24.4 Å². The summed E-state index contributed by atoms with van der Waals surface area (Å²) in [6.07, 6.45) is 0. The van der Waals surface area contributed by atoms with E-state index in [2.05, 4.69) is 15.3 Å². The molecule has 7 nitrogen and oxygen atoms in total. The molecule has 4 aromatic rings. The average Bonchev–Trinajstić information content (AvgIpc) is 3.21. The summed E-state index contributed by atoms with van der Waals surface area (Å²) in [7, 11) is -1.66. The van der Waals surface area contributed by atoms with Crippen molar-refractivity contribution in [1.82, 2.24) is 15.0 Å². The van der Waals surface area contributed by atoms with Gasteiger partial charge in [0, 0.05) is 12.7 Å². The number of rotatable bonds is 6. The van der Waals surface area contributed by atoms with Crippen LogP contribution in [-0.2, 0) is 9.84 Å². The predicted molar refractivity (Wildman–Crippen MR) is 123 cm³/mol. The Hall–Kier alpha value is -3.52. The van der Waals surface area contributed by atoms with Crippen molar-refractivity contribution in [3.8, 4) is 0 Å². The van der Waals surface area contributed by atoms with Gasteiger partial charge in [-0.1, -0.05) is 53.2 Å². The Kier molecular flexibility index (Phi) is 5.81. The van der Waals surface area contributed by atoms with Crippen molar-refractivity contribution in [1.29, 1.82) is 0 Å². The van der Waals surface area contributed by atoms with E-state index in [1.165, 1.54) is 0 Å². The molecule has 0 spiro atoms. The van der Waals surface area contributed by atoms with Crippen LogP contribution in [0.4, 0.5) is 5.69 Å². The maximum absolute atomic E-state index is 12.9. The highest BCUT2D eigenvalue weighted by Crippen LogP contribution is 2.16. The third-order valence-corrected chi connectivity index (χ3v) is 6.43. The molecule has 1 heterocycles. The quantitative estimate of drug-likeness (QED) is 0.343.